The summed E-state index contributed by atoms with van der Waals surface area (Å²) in [6.07, 6.45) is 1.70. The first-order valence-electron chi connectivity index (χ1n) is 9.46. The van der Waals surface area contributed by atoms with Crippen molar-refractivity contribution in [2.24, 2.45) is 0 Å². The van der Waals surface area contributed by atoms with Crippen LogP contribution < -0.4 is 16.0 Å². The van der Waals surface area contributed by atoms with Gasteiger partial charge in [0.2, 0.25) is 5.91 Å². The molecule has 3 rings (SSSR count). The maximum absolute atomic E-state index is 12.8. The second-order valence-corrected chi connectivity index (χ2v) is 6.80. The third-order valence-electron chi connectivity index (χ3n) is 4.31. The van der Waals surface area contributed by atoms with Gasteiger partial charge in [0.15, 0.2) is 0 Å². The molecule has 0 bridgehead atoms. The topological polar surface area (TPSA) is 83.1 Å². The monoisotopic (exact) mass is 440 g/mol. The quantitative estimate of drug-likeness (QED) is 0.445. The highest BCUT2D eigenvalue weighted by molar-refractivity contribution is 6.03. The first-order chi connectivity index (χ1) is 15.2. The predicted molar refractivity (Wildman–Crippen MR) is 117 cm³/mol. The van der Waals surface area contributed by atoms with Crippen molar-refractivity contribution in [2.45, 2.75) is 13.1 Å². The summed E-state index contributed by atoms with van der Waals surface area (Å²) < 4.78 is 38.5. The molecule has 32 heavy (non-hydrogen) atoms. The van der Waals surface area contributed by atoms with Crippen LogP contribution in [0.3, 0.4) is 0 Å². The van der Waals surface area contributed by atoms with Crippen molar-refractivity contribution in [1.29, 1.82) is 0 Å². The van der Waals surface area contributed by atoms with Crippen LogP contribution in [0.15, 0.2) is 73.1 Å². The van der Waals surface area contributed by atoms with E-state index >= 15 is 0 Å². The average Bonchev–Trinajstić information content (AvgIpc) is 2.75. The predicted octanol–water partition coefficient (Wildman–Crippen LogP) is 5.70. The van der Waals surface area contributed by atoms with E-state index in [0.717, 1.165) is 23.3 Å². The number of benzene rings is 2. The Hall–Kier alpha value is -4.14. The SMILES string of the molecule is Cc1ccc(NC(=O)Nc2cccc(C(F)(F)F)c2)cc1NC(=O)/C=C/c1cccnc1. The zero-order valence-electron chi connectivity index (χ0n) is 16.9. The lowest BCUT2D eigenvalue weighted by Gasteiger charge is -2.12. The molecule has 0 atom stereocenters. The Bertz CT molecular complexity index is 1150. The number of aromatic nitrogens is 1. The molecule has 0 saturated carbocycles. The Kier molecular flexibility index (Phi) is 6.89. The second kappa shape index (κ2) is 9.78. The van der Waals surface area contributed by atoms with Gasteiger partial charge in [-0.05, 0) is 60.5 Å². The van der Waals surface area contributed by atoms with Gasteiger partial charge in [0, 0.05) is 35.5 Å². The summed E-state index contributed by atoms with van der Waals surface area (Å²) in [6.45, 7) is 1.78. The van der Waals surface area contributed by atoms with Crippen molar-refractivity contribution in [3.63, 3.8) is 0 Å². The standard InChI is InChI=1S/C23H19F3N4O2/c1-15-7-9-19(13-20(15)30-21(31)10-8-16-4-3-11-27-14-16)29-22(32)28-18-6-2-5-17(12-18)23(24,25)26/h2-14H,1H3,(H,30,31)(H2,28,29,32)/b10-8+. The number of carbonyl (C=O) groups is 2. The molecule has 0 aliphatic heterocycles. The number of nitrogens with one attached hydrogen (secondary N) is 3. The third kappa shape index (κ3) is 6.43. The molecule has 1 aromatic heterocycles. The molecular formula is C23H19F3N4O2. The van der Waals surface area contributed by atoms with E-state index in [1.807, 2.05) is 0 Å². The summed E-state index contributed by atoms with van der Waals surface area (Å²) in [5.41, 5.74) is 1.49. The number of anilines is 3. The van der Waals surface area contributed by atoms with Gasteiger partial charge in [0.25, 0.3) is 0 Å². The number of carbonyl (C=O) groups excluding carboxylic acids is 2. The van der Waals surface area contributed by atoms with Gasteiger partial charge in [-0.3, -0.25) is 9.78 Å². The van der Waals surface area contributed by atoms with Crippen molar-refractivity contribution in [3.05, 3.63) is 89.8 Å². The molecule has 9 heteroatoms. The van der Waals surface area contributed by atoms with Crippen LogP contribution in [0.25, 0.3) is 6.08 Å². The van der Waals surface area contributed by atoms with E-state index in [1.165, 1.54) is 18.2 Å². The van der Waals surface area contributed by atoms with E-state index in [1.54, 1.807) is 55.7 Å². The Morgan fingerprint density at radius 3 is 2.38 bits per heavy atom. The molecule has 0 fully saturated rings. The van der Waals surface area contributed by atoms with Crippen LogP contribution in [0, 0.1) is 6.92 Å². The fourth-order valence-corrected chi connectivity index (χ4v) is 2.72. The highest BCUT2D eigenvalue weighted by Crippen LogP contribution is 2.30. The highest BCUT2D eigenvalue weighted by atomic mass is 19.4. The van der Waals surface area contributed by atoms with E-state index in [0.29, 0.717) is 11.4 Å². The number of alkyl halides is 3. The highest BCUT2D eigenvalue weighted by Gasteiger charge is 2.30. The van der Waals surface area contributed by atoms with Crippen molar-refractivity contribution in [2.75, 3.05) is 16.0 Å². The van der Waals surface area contributed by atoms with Gasteiger partial charge in [-0.25, -0.2) is 4.79 Å². The molecule has 0 radical (unpaired) electrons. The lowest BCUT2D eigenvalue weighted by molar-refractivity contribution is -0.137. The van der Waals surface area contributed by atoms with Crippen LogP contribution >= 0.6 is 0 Å². The largest absolute Gasteiger partial charge is 0.416 e. The number of pyridine rings is 1. The van der Waals surface area contributed by atoms with Crippen LogP contribution in [0.1, 0.15) is 16.7 Å². The molecule has 0 spiro atoms. The molecule has 0 aliphatic carbocycles. The minimum atomic E-state index is -4.51. The van der Waals surface area contributed by atoms with Gasteiger partial charge in [0.05, 0.1) is 5.56 Å². The van der Waals surface area contributed by atoms with E-state index in [2.05, 4.69) is 20.9 Å². The number of hydrogen-bond donors (Lipinski definition) is 3. The normalized spacial score (nSPS) is 11.2. The van der Waals surface area contributed by atoms with Crippen LogP contribution in [-0.2, 0) is 11.0 Å². The minimum absolute atomic E-state index is 0.00139. The lowest BCUT2D eigenvalue weighted by atomic mass is 10.1. The fourth-order valence-electron chi connectivity index (χ4n) is 2.72. The number of amides is 3. The van der Waals surface area contributed by atoms with Crippen LogP contribution in [0.2, 0.25) is 0 Å². The molecule has 3 amide bonds. The average molecular weight is 440 g/mol. The summed E-state index contributed by atoms with van der Waals surface area (Å²) in [7, 11) is 0. The van der Waals surface area contributed by atoms with Crippen LogP contribution in [-0.4, -0.2) is 16.9 Å². The molecule has 3 N–H and O–H groups in total. The van der Waals surface area contributed by atoms with E-state index < -0.39 is 17.8 Å². The van der Waals surface area contributed by atoms with Gasteiger partial charge in [-0.2, -0.15) is 13.2 Å². The van der Waals surface area contributed by atoms with Crippen LogP contribution in [0.5, 0.6) is 0 Å². The summed E-state index contributed by atoms with van der Waals surface area (Å²) in [5.74, 6) is -0.373. The number of hydrogen-bond acceptors (Lipinski definition) is 3. The zero-order valence-corrected chi connectivity index (χ0v) is 16.9. The molecule has 0 saturated heterocycles. The number of aryl methyl sites for hydroxylation is 1. The van der Waals surface area contributed by atoms with Gasteiger partial charge in [-0.1, -0.05) is 18.2 Å². The van der Waals surface area contributed by atoms with Gasteiger partial charge < -0.3 is 16.0 Å². The molecule has 164 valence electrons. The third-order valence-corrected chi connectivity index (χ3v) is 4.31. The Morgan fingerprint density at radius 1 is 0.938 bits per heavy atom. The number of halogens is 3. The molecule has 1 heterocycles. The van der Waals surface area contributed by atoms with E-state index in [-0.39, 0.29) is 11.6 Å². The summed E-state index contributed by atoms with van der Waals surface area (Å²) in [5, 5.41) is 7.63. The Labute approximate surface area is 182 Å². The molecular weight excluding hydrogens is 421 g/mol. The van der Waals surface area contributed by atoms with Crippen molar-refractivity contribution >= 4 is 35.1 Å². The fraction of sp³-hybridized carbons (Fsp3) is 0.0870. The maximum Gasteiger partial charge on any atom is 0.416 e. The van der Waals surface area contributed by atoms with E-state index in [9.17, 15) is 22.8 Å². The first-order valence-corrected chi connectivity index (χ1v) is 9.46. The maximum atomic E-state index is 12.8. The minimum Gasteiger partial charge on any atom is -0.322 e. The lowest BCUT2D eigenvalue weighted by Crippen LogP contribution is -2.20. The first kappa shape index (κ1) is 22.5. The zero-order chi connectivity index (χ0) is 23.1. The Morgan fingerprint density at radius 2 is 1.69 bits per heavy atom. The number of rotatable bonds is 5. The van der Waals surface area contributed by atoms with Crippen LogP contribution in [0.4, 0.5) is 35.0 Å². The molecule has 3 aromatic rings. The van der Waals surface area contributed by atoms with Crippen molar-refractivity contribution in [1.82, 2.24) is 4.98 Å². The summed E-state index contributed by atoms with van der Waals surface area (Å²) in [6, 6.07) is 12.0. The smallest absolute Gasteiger partial charge is 0.322 e. The molecule has 0 aliphatic rings. The summed E-state index contributed by atoms with van der Waals surface area (Å²) >= 11 is 0. The van der Waals surface area contributed by atoms with Gasteiger partial charge in [-0.15, -0.1) is 0 Å². The van der Waals surface area contributed by atoms with Crippen molar-refractivity contribution < 1.29 is 22.8 Å². The Balaban J connectivity index is 1.64. The number of urea groups is 1. The van der Waals surface area contributed by atoms with Gasteiger partial charge in [0.1, 0.15) is 0 Å². The number of nitrogens with zero attached hydrogens (tertiary/aromatic N) is 1. The molecule has 6 nitrogen and oxygen atoms in total. The summed E-state index contributed by atoms with van der Waals surface area (Å²) in [4.78, 5) is 28.4. The molecule has 2 aromatic carbocycles. The van der Waals surface area contributed by atoms with Gasteiger partial charge >= 0.3 is 12.2 Å². The van der Waals surface area contributed by atoms with Crippen molar-refractivity contribution in [3.8, 4) is 0 Å². The second-order valence-electron chi connectivity index (χ2n) is 6.80. The molecule has 0 unspecified atom stereocenters. The van der Waals surface area contributed by atoms with E-state index in [4.69, 9.17) is 0 Å².